The number of nitrogens with zero attached hydrogens (tertiary/aromatic N) is 3. The standard InChI is InChI=1S/C12H14N4O.2ClH/c1-8-6-14-7-10(8)12-15-11(16-17-12)9-2-4-13-5-3-9;;/h2-5,8,10,14H,6-7H2,1H3;2*1H/t8-,10-;;/m1../s1. The molecule has 5 nitrogen and oxygen atoms in total. The predicted molar refractivity (Wildman–Crippen MR) is 76.8 cm³/mol. The highest BCUT2D eigenvalue weighted by molar-refractivity contribution is 5.85. The lowest BCUT2D eigenvalue weighted by molar-refractivity contribution is 0.340. The SMILES string of the molecule is C[C@@H]1CNC[C@H]1c1nc(-c2ccncc2)no1.Cl.Cl. The van der Waals surface area contributed by atoms with Crippen molar-refractivity contribution in [2.75, 3.05) is 13.1 Å². The zero-order valence-corrected chi connectivity index (χ0v) is 12.1. The van der Waals surface area contributed by atoms with Gasteiger partial charge in [-0.15, -0.1) is 24.8 Å². The van der Waals surface area contributed by atoms with Crippen molar-refractivity contribution in [3.05, 3.63) is 30.4 Å². The minimum Gasteiger partial charge on any atom is -0.339 e. The van der Waals surface area contributed by atoms with Gasteiger partial charge in [-0.2, -0.15) is 4.98 Å². The highest BCUT2D eigenvalue weighted by Gasteiger charge is 2.29. The molecule has 1 N–H and O–H groups in total. The number of rotatable bonds is 2. The number of pyridine rings is 1. The molecule has 3 rings (SSSR count). The molecule has 1 aliphatic rings. The van der Waals surface area contributed by atoms with Crippen molar-refractivity contribution in [2.24, 2.45) is 5.92 Å². The molecule has 3 heterocycles. The molecule has 2 aromatic heterocycles. The van der Waals surface area contributed by atoms with E-state index in [1.165, 1.54) is 0 Å². The summed E-state index contributed by atoms with van der Waals surface area (Å²) >= 11 is 0. The van der Waals surface area contributed by atoms with Crippen molar-refractivity contribution in [1.82, 2.24) is 20.4 Å². The summed E-state index contributed by atoms with van der Waals surface area (Å²) < 4.78 is 5.35. The first-order chi connectivity index (χ1) is 8.34. The molecule has 1 fully saturated rings. The van der Waals surface area contributed by atoms with Crippen LogP contribution < -0.4 is 5.32 Å². The van der Waals surface area contributed by atoms with Gasteiger partial charge in [0.1, 0.15) is 0 Å². The van der Waals surface area contributed by atoms with Gasteiger partial charge < -0.3 is 9.84 Å². The Morgan fingerprint density at radius 3 is 2.58 bits per heavy atom. The third-order valence-electron chi connectivity index (χ3n) is 3.21. The lowest BCUT2D eigenvalue weighted by Gasteiger charge is -2.07. The van der Waals surface area contributed by atoms with E-state index in [1.54, 1.807) is 12.4 Å². The maximum Gasteiger partial charge on any atom is 0.231 e. The first kappa shape index (κ1) is 15.9. The second kappa shape index (κ2) is 6.84. The lowest BCUT2D eigenvalue weighted by atomic mass is 9.98. The summed E-state index contributed by atoms with van der Waals surface area (Å²) in [7, 11) is 0. The van der Waals surface area contributed by atoms with E-state index in [0.29, 0.717) is 17.7 Å². The molecular weight excluding hydrogens is 287 g/mol. The summed E-state index contributed by atoms with van der Waals surface area (Å²) in [5.41, 5.74) is 0.939. The normalized spacial score (nSPS) is 21.5. The van der Waals surface area contributed by atoms with Crippen molar-refractivity contribution < 1.29 is 4.52 Å². The van der Waals surface area contributed by atoms with Crippen LogP contribution in [0.4, 0.5) is 0 Å². The van der Waals surface area contributed by atoms with E-state index in [9.17, 15) is 0 Å². The monoisotopic (exact) mass is 302 g/mol. The summed E-state index contributed by atoms with van der Waals surface area (Å²) in [5, 5.41) is 7.36. The molecule has 0 aromatic carbocycles. The van der Waals surface area contributed by atoms with Gasteiger partial charge in [0.2, 0.25) is 11.7 Å². The maximum atomic E-state index is 5.35. The topological polar surface area (TPSA) is 63.8 Å². The molecule has 0 radical (unpaired) electrons. The van der Waals surface area contributed by atoms with Crippen LogP contribution >= 0.6 is 24.8 Å². The fourth-order valence-electron chi connectivity index (χ4n) is 2.14. The second-order valence-corrected chi connectivity index (χ2v) is 4.43. The van der Waals surface area contributed by atoms with Gasteiger partial charge >= 0.3 is 0 Å². The van der Waals surface area contributed by atoms with Crippen LogP contribution in [0.2, 0.25) is 0 Å². The lowest BCUT2D eigenvalue weighted by Crippen LogP contribution is -2.08. The smallest absolute Gasteiger partial charge is 0.231 e. The van der Waals surface area contributed by atoms with Gasteiger partial charge in [0, 0.05) is 24.5 Å². The van der Waals surface area contributed by atoms with E-state index < -0.39 is 0 Å². The first-order valence-electron chi connectivity index (χ1n) is 5.79. The Kier molecular flexibility index (Phi) is 5.72. The number of aromatic nitrogens is 3. The maximum absolute atomic E-state index is 5.35. The van der Waals surface area contributed by atoms with Crippen molar-refractivity contribution >= 4 is 24.8 Å². The molecule has 1 aliphatic heterocycles. The number of halogens is 2. The van der Waals surface area contributed by atoms with Gasteiger partial charge in [0.15, 0.2) is 0 Å². The Labute approximate surface area is 124 Å². The van der Waals surface area contributed by atoms with Crippen LogP contribution in [-0.4, -0.2) is 28.2 Å². The molecule has 0 bridgehead atoms. The van der Waals surface area contributed by atoms with Crippen LogP contribution in [0.1, 0.15) is 18.7 Å². The summed E-state index contributed by atoms with van der Waals surface area (Å²) in [6, 6.07) is 3.76. The van der Waals surface area contributed by atoms with Crippen molar-refractivity contribution in [3.63, 3.8) is 0 Å². The van der Waals surface area contributed by atoms with E-state index in [4.69, 9.17) is 4.52 Å². The average molecular weight is 303 g/mol. The van der Waals surface area contributed by atoms with Gasteiger partial charge in [-0.25, -0.2) is 0 Å². The number of hydrogen-bond donors (Lipinski definition) is 1. The highest BCUT2D eigenvalue weighted by atomic mass is 35.5. The Morgan fingerprint density at radius 2 is 1.95 bits per heavy atom. The molecule has 19 heavy (non-hydrogen) atoms. The molecule has 104 valence electrons. The van der Waals surface area contributed by atoms with Crippen LogP contribution in [0.15, 0.2) is 29.0 Å². The largest absolute Gasteiger partial charge is 0.339 e. The molecule has 1 saturated heterocycles. The molecule has 2 atom stereocenters. The van der Waals surface area contributed by atoms with Crippen LogP contribution in [0.3, 0.4) is 0 Å². The minimum absolute atomic E-state index is 0. The van der Waals surface area contributed by atoms with Gasteiger partial charge in [-0.1, -0.05) is 12.1 Å². The summed E-state index contributed by atoms with van der Waals surface area (Å²) in [4.78, 5) is 8.44. The van der Waals surface area contributed by atoms with Gasteiger partial charge in [0.25, 0.3) is 0 Å². The van der Waals surface area contributed by atoms with Gasteiger partial charge in [0.05, 0.1) is 5.92 Å². The van der Waals surface area contributed by atoms with E-state index in [2.05, 4.69) is 27.4 Å². The summed E-state index contributed by atoms with van der Waals surface area (Å²) in [5.74, 6) is 2.25. The summed E-state index contributed by atoms with van der Waals surface area (Å²) in [6.45, 7) is 4.12. The first-order valence-corrected chi connectivity index (χ1v) is 5.79. The minimum atomic E-state index is 0. The second-order valence-electron chi connectivity index (χ2n) is 4.43. The molecular formula is C12H16Cl2N4O. The molecule has 0 amide bonds. The van der Waals surface area contributed by atoms with E-state index >= 15 is 0 Å². The Bertz CT molecular complexity index is 505. The number of nitrogens with one attached hydrogen (secondary N) is 1. The van der Waals surface area contributed by atoms with Gasteiger partial charge in [-0.05, 0) is 24.6 Å². The highest BCUT2D eigenvalue weighted by Crippen LogP contribution is 2.27. The third kappa shape index (κ3) is 3.23. The summed E-state index contributed by atoms with van der Waals surface area (Å²) in [6.07, 6.45) is 3.45. The van der Waals surface area contributed by atoms with Crippen LogP contribution in [-0.2, 0) is 0 Å². The van der Waals surface area contributed by atoms with E-state index in [-0.39, 0.29) is 24.8 Å². The average Bonchev–Trinajstić information content (AvgIpc) is 2.98. The van der Waals surface area contributed by atoms with E-state index in [1.807, 2.05) is 12.1 Å². The molecule has 0 aliphatic carbocycles. The molecule has 7 heteroatoms. The zero-order valence-electron chi connectivity index (χ0n) is 10.4. The van der Waals surface area contributed by atoms with Crippen molar-refractivity contribution in [2.45, 2.75) is 12.8 Å². The van der Waals surface area contributed by atoms with Crippen molar-refractivity contribution in [3.8, 4) is 11.4 Å². The number of hydrogen-bond acceptors (Lipinski definition) is 5. The van der Waals surface area contributed by atoms with E-state index in [0.717, 1.165) is 24.5 Å². The molecule has 0 spiro atoms. The van der Waals surface area contributed by atoms with Crippen LogP contribution in [0, 0.1) is 5.92 Å². The third-order valence-corrected chi connectivity index (χ3v) is 3.21. The van der Waals surface area contributed by atoms with Crippen LogP contribution in [0.25, 0.3) is 11.4 Å². The fraction of sp³-hybridized carbons (Fsp3) is 0.417. The van der Waals surface area contributed by atoms with Crippen LogP contribution in [0.5, 0.6) is 0 Å². The fourth-order valence-corrected chi connectivity index (χ4v) is 2.14. The Hall–Kier alpha value is -1.17. The quantitative estimate of drug-likeness (QED) is 0.922. The Morgan fingerprint density at radius 1 is 1.21 bits per heavy atom. The van der Waals surface area contributed by atoms with Crippen molar-refractivity contribution in [1.29, 1.82) is 0 Å². The molecule has 0 unspecified atom stereocenters. The van der Waals surface area contributed by atoms with Gasteiger partial charge in [-0.3, -0.25) is 4.98 Å². The molecule has 2 aromatic rings. The predicted octanol–water partition coefficient (Wildman–Crippen LogP) is 2.30. The molecule has 0 saturated carbocycles. The zero-order chi connectivity index (χ0) is 11.7. The Balaban J connectivity index is 0.000000902.